The number of benzene rings is 5. The van der Waals surface area contributed by atoms with Gasteiger partial charge in [0.1, 0.15) is 0 Å². The van der Waals surface area contributed by atoms with Crippen LogP contribution in [0.1, 0.15) is 40.3 Å². The molecule has 0 saturated heterocycles. The number of hydrogen-bond donors (Lipinski definition) is 0. The van der Waals surface area contributed by atoms with Crippen molar-refractivity contribution in [1.29, 1.82) is 0 Å². The van der Waals surface area contributed by atoms with Crippen LogP contribution in [-0.4, -0.2) is 8.07 Å². The molecule has 2 aliphatic carbocycles. The van der Waals surface area contributed by atoms with E-state index in [4.69, 9.17) is 0 Å². The molecule has 5 aromatic rings. The number of fused-ring (bicyclic) bond motifs is 5. The van der Waals surface area contributed by atoms with E-state index in [1.807, 2.05) is 0 Å². The Kier molecular flexibility index (Phi) is 4.74. The minimum atomic E-state index is -1.95. The first-order valence-corrected chi connectivity index (χ1v) is 16.2. The van der Waals surface area contributed by atoms with Gasteiger partial charge in [-0.3, -0.25) is 0 Å². The second-order valence-corrected chi connectivity index (χ2v) is 15.9. The fourth-order valence-electron chi connectivity index (χ4n) is 7.37. The summed E-state index contributed by atoms with van der Waals surface area (Å²) in [7, 11) is -1.95. The van der Waals surface area contributed by atoms with E-state index in [2.05, 4.69) is 135 Å². The van der Waals surface area contributed by atoms with Gasteiger partial charge < -0.3 is 0 Å². The zero-order valence-corrected chi connectivity index (χ0v) is 22.1. The van der Waals surface area contributed by atoms with Gasteiger partial charge in [-0.2, -0.15) is 0 Å². The van der Waals surface area contributed by atoms with Crippen LogP contribution in [0.15, 0.2) is 115 Å². The standard InChI is InChI=1S/C35H30Si/c1-23-22-25-14-11-21-30(27-20-10-13-24-12-4-5-15-26(24)27)33(25)34(23)36(2,3)35-31-18-8-6-16-28(31)29-17-7-9-19-32(29)35/h4-22,34-35H,1-3H3. The average Bonchev–Trinajstić information content (AvgIpc) is 3.43. The number of rotatable bonds is 3. The molecule has 0 nitrogen and oxygen atoms in total. The molecule has 0 fully saturated rings. The Balaban J connectivity index is 1.45. The number of hydrogen-bond acceptors (Lipinski definition) is 0. The van der Waals surface area contributed by atoms with Gasteiger partial charge in [0.25, 0.3) is 0 Å². The molecule has 0 heterocycles. The van der Waals surface area contributed by atoms with Crippen molar-refractivity contribution in [1.82, 2.24) is 0 Å². The molecule has 2 aliphatic rings. The van der Waals surface area contributed by atoms with Gasteiger partial charge in [-0.1, -0.05) is 134 Å². The van der Waals surface area contributed by atoms with Crippen molar-refractivity contribution in [2.24, 2.45) is 0 Å². The van der Waals surface area contributed by atoms with Crippen LogP contribution in [0, 0.1) is 0 Å². The topological polar surface area (TPSA) is 0 Å². The summed E-state index contributed by atoms with van der Waals surface area (Å²) < 4.78 is 0. The van der Waals surface area contributed by atoms with Crippen molar-refractivity contribution in [3.63, 3.8) is 0 Å². The molecule has 0 aliphatic heterocycles. The van der Waals surface area contributed by atoms with Gasteiger partial charge in [-0.05, 0) is 62.2 Å². The van der Waals surface area contributed by atoms with Gasteiger partial charge in [0.2, 0.25) is 0 Å². The Morgan fingerprint density at radius 3 is 1.83 bits per heavy atom. The highest BCUT2D eigenvalue weighted by atomic mass is 28.3. The first-order chi connectivity index (χ1) is 17.6. The first kappa shape index (κ1) is 21.6. The zero-order valence-electron chi connectivity index (χ0n) is 21.1. The lowest BCUT2D eigenvalue weighted by Crippen LogP contribution is -2.42. The molecular formula is C35H30Si. The van der Waals surface area contributed by atoms with E-state index in [0.29, 0.717) is 11.1 Å². The Morgan fingerprint density at radius 1 is 0.528 bits per heavy atom. The van der Waals surface area contributed by atoms with E-state index in [1.54, 1.807) is 5.56 Å². The molecule has 0 radical (unpaired) electrons. The Morgan fingerprint density at radius 2 is 1.08 bits per heavy atom. The molecule has 7 rings (SSSR count). The van der Waals surface area contributed by atoms with Gasteiger partial charge in [-0.15, -0.1) is 0 Å². The second-order valence-electron chi connectivity index (χ2n) is 11.1. The molecule has 0 amide bonds. The molecule has 0 aromatic heterocycles. The zero-order chi connectivity index (χ0) is 24.4. The highest BCUT2D eigenvalue weighted by Gasteiger charge is 2.48. The summed E-state index contributed by atoms with van der Waals surface area (Å²) in [6.07, 6.45) is 2.47. The molecule has 5 aromatic carbocycles. The summed E-state index contributed by atoms with van der Waals surface area (Å²) in [5, 5.41) is 2.65. The first-order valence-electron chi connectivity index (χ1n) is 13.0. The third kappa shape index (κ3) is 2.99. The molecule has 174 valence electrons. The molecule has 0 spiro atoms. The van der Waals surface area contributed by atoms with E-state index in [1.165, 1.54) is 55.3 Å². The molecule has 1 unspecified atom stereocenters. The molecule has 0 bridgehead atoms. The molecule has 0 N–H and O–H groups in total. The van der Waals surface area contributed by atoms with Gasteiger partial charge in [0.15, 0.2) is 0 Å². The van der Waals surface area contributed by atoms with Crippen LogP contribution in [0.5, 0.6) is 0 Å². The van der Waals surface area contributed by atoms with E-state index in [9.17, 15) is 0 Å². The normalized spacial score (nSPS) is 16.5. The van der Waals surface area contributed by atoms with Crippen molar-refractivity contribution in [2.75, 3.05) is 0 Å². The van der Waals surface area contributed by atoms with Crippen molar-refractivity contribution in [2.45, 2.75) is 31.1 Å². The third-order valence-electron chi connectivity index (χ3n) is 8.67. The predicted molar refractivity (Wildman–Crippen MR) is 157 cm³/mol. The summed E-state index contributed by atoms with van der Waals surface area (Å²) in [6.45, 7) is 7.64. The fraction of sp³-hybridized carbons (Fsp3) is 0.143. The lowest BCUT2D eigenvalue weighted by atomic mass is 9.92. The smallest absolute Gasteiger partial charge is 0.0679 e. The van der Waals surface area contributed by atoms with E-state index in [0.717, 1.165) is 0 Å². The van der Waals surface area contributed by atoms with Crippen molar-refractivity contribution in [3.05, 3.63) is 137 Å². The van der Waals surface area contributed by atoms with E-state index in [-0.39, 0.29) is 0 Å². The quantitative estimate of drug-likeness (QED) is 0.226. The van der Waals surface area contributed by atoms with Gasteiger partial charge in [0, 0.05) is 11.1 Å². The summed E-state index contributed by atoms with van der Waals surface area (Å²) in [5.41, 5.74) is 14.1. The largest absolute Gasteiger partial charge is 0.0726 e. The molecule has 0 saturated carbocycles. The van der Waals surface area contributed by atoms with Crippen molar-refractivity contribution in [3.8, 4) is 22.3 Å². The van der Waals surface area contributed by atoms with E-state index < -0.39 is 8.07 Å². The number of allylic oxidation sites excluding steroid dienone is 1. The third-order valence-corrected chi connectivity index (χ3v) is 13.0. The van der Waals surface area contributed by atoms with Crippen LogP contribution in [0.3, 0.4) is 0 Å². The van der Waals surface area contributed by atoms with Crippen molar-refractivity contribution < 1.29 is 0 Å². The lowest BCUT2D eigenvalue weighted by molar-refractivity contribution is 0.988. The van der Waals surface area contributed by atoms with Gasteiger partial charge in [0.05, 0.1) is 8.07 Å². The summed E-state index contributed by atoms with van der Waals surface area (Å²) in [5.74, 6) is 0. The SMILES string of the molecule is CC1=Cc2cccc(-c3cccc4ccccc34)c2C1[Si](C)(C)C1c2ccccc2-c2ccccc21. The Hall–Kier alpha value is -3.68. The molecular weight excluding hydrogens is 448 g/mol. The van der Waals surface area contributed by atoms with Crippen LogP contribution in [0.2, 0.25) is 13.1 Å². The summed E-state index contributed by atoms with van der Waals surface area (Å²) in [4.78, 5) is 0. The second kappa shape index (κ2) is 7.91. The van der Waals surface area contributed by atoms with E-state index >= 15 is 0 Å². The average molecular weight is 479 g/mol. The summed E-state index contributed by atoms with van der Waals surface area (Å²) in [6, 6.07) is 40.8. The minimum Gasteiger partial charge on any atom is -0.0679 e. The van der Waals surface area contributed by atoms with Crippen LogP contribution in [0.25, 0.3) is 39.1 Å². The monoisotopic (exact) mass is 478 g/mol. The molecule has 1 atom stereocenters. The highest BCUT2D eigenvalue weighted by Crippen LogP contribution is 2.56. The molecule has 36 heavy (non-hydrogen) atoms. The predicted octanol–water partition coefficient (Wildman–Crippen LogP) is 9.61. The van der Waals surface area contributed by atoms with Crippen LogP contribution in [-0.2, 0) is 0 Å². The highest BCUT2D eigenvalue weighted by molar-refractivity contribution is 6.82. The fourth-order valence-corrected chi connectivity index (χ4v) is 12.1. The Labute approximate surface area is 215 Å². The maximum atomic E-state index is 2.63. The minimum absolute atomic E-state index is 0.465. The van der Waals surface area contributed by atoms with Crippen LogP contribution >= 0.6 is 0 Å². The van der Waals surface area contributed by atoms with Gasteiger partial charge in [-0.25, -0.2) is 0 Å². The molecule has 1 heteroatoms. The van der Waals surface area contributed by atoms with Crippen LogP contribution < -0.4 is 0 Å². The lowest BCUT2D eigenvalue weighted by Gasteiger charge is -2.39. The van der Waals surface area contributed by atoms with Crippen LogP contribution in [0.4, 0.5) is 0 Å². The van der Waals surface area contributed by atoms with Gasteiger partial charge >= 0.3 is 0 Å². The van der Waals surface area contributed by atoms with Crippen molar-refractivity contribution >= 4 is 24.9 Å². The Bertz CT molecular complexity index is 1640. The maximum Gasteiger partial charge on any atom is 0.0726 e. The summed E-state index contributed by atoms with van der Waals surface area (Å²) >= 11 is 0. The maximum absolute atomic E-state index is 2.63.